The van der Waals surface area contributed by atoms with Gasteiger partial charge in [-0.2, -0.15) is 0 Å². The van der Waals surface area contributed by atoms with E-state index in [1.54, 1.807) is 30.3 Å². The van der Waals surface area contributed by atoms with Crippen LogP contribution in [-0.2, 0) is 0 Å². The van der Waals surface area contributed by atoms with E-state index in [-0.39, 0.29) is 11.6 Å². The van der Waals surface area contributed by atoms with Crippen molar-refractivity contribution in [2.75, 3.05) is 29.6 Å². The van der Waals surface area contributed by atoms with E-state index in [2.05, 4.69) is 20.6 Å². The van der Waals surface area contributed by atoms with Crippen LogP contribution in [0.15, 0.2) is 54.6 Å². The lowest BCUT2D eigenvalue weighted by Gasteiger charge is -2.13. The van der Waals surface area contributed by atoms with Crippen molar-refractivity contribution in [2.24, 2.45) is 0 Å². The lowest BCUT2D eigenvalue weighted by atomic mass is 10.2. The number of aromatic nitrogens is 2. The van der Waals surface area contributed by atoms with Gasteiger partial charge in [0, 0.05) is 31.2 Å². The Kier molecular flexibility index (Phi) is 5.57. The molecule has 0 unspecified atom stereocenters. The van der Waals surface area contributed by atoms with Crippen molar-refractivity contribution in [3.63, 3.8) is 0 Å². The van der Waals surface area contributed by atoms with Crippen molar-refractivity contribution < 1.29 is 4.79 Å². The van der Waals surface area contributed by atoms with Crippen molar-refractivity contribution in [3.05, 3.63) is 71.0 Å². The number of carbonyl (C=O) groups is 1. The maximum absolute atomic E-state index is 12.5. The highest BCUT2D eigenvalue weighted by atomic mass is 35.5. The van der Waals surface area contributed by atoms with Gasteiger partial charge < -0.3 is 15.5 Å². The molecule has 0 spiro atoms. The molecule has 0 bridgehead atoms. The number of aryl methyl sites for hydroxylation is 1. The van der Waals surface area contributed by atoms with E-state index in [9.17, 15) is 4.79 Å². The average molecular weight is 382 g/mol. The first-order valence-electron chi connectivity index (χ1n) is 8.38. The number of nitrogens with one attached hydrogen (secondary N) is 2. The zero-order valence-corrected chi connectivity index (χ0v) is 16.1. The number of hydrogen-bond donors (Lipinski definition) is 2. The highest BCUT2D eigenvalue weighted by Gasteiger charge is 2.12. The lowest BCUT2D eigenvalue weighted by molar-refractivity contribution is 0.102. The fourth-order valence-corrected chi connectivity index (χ4v) is 2.64. The fraction of sp³-hybridized carbons (Fsp3) is 0.150. The van der Waals surface area contributed by atoms with Gasteiger partial charge in [-0.3, -0.25) is 4.79 Å². The minimum absolute atomic E-state index is 0.259. The Morgan fingerprint density at radius 1 is 1.04 bits per heavy atom. The van der Waals surface area contributed by atoms with Crippen molar-refractivity contribution in [2.45, 2.75) is 6.92 Å². The van der Waals surface area contributed by atoms with Crippen molar-refractivity contribution in [1.29, 1.82) is 0 Å². The summed E-state index contributed by atoms with van der Waals surface area (Å²) in [5.41, 5.74) is 3.40. The summed E-state index contributed by atoms with van der Waals surface area (Å²) in [7, 11) is 3.96. The number of anilines is 4. The molecule has 2 aromatic carbocycles. The van der Waals surface area contributed by atoms with Crippen LogP contribution in [0.4, 0.5) is 23.0 Å². The van der Waals surface area contributed by atoms with E-state index in [1.807, 2.05) is 50.2 Å². The average Bonchev–Trinajstić information content (AvgIpc) is 2.63. The number of rotatable bonds is 5. The highest BCUT2D eigenvalue weighted by molar-refractivity contribution is 6.33. The standard InChI is InChI=1S/C20H20ClN5O/c1-13-12-18(19(27)24-17-7-5-4-6-16(17)21)25-20(22-13)23-14-8-10-15(11-9-14)26(2)3/h4-12H,1-3H3,(H,24,27)(H,22,23,25). The first kappa shape index (κ1) is 18.7. The molecule has 3 aromatic rings. The third kappa shape index (κ3) is 4.74. The topological polar surface area (TPSA) is 70.2 Å². The number of halogens is 1. The summed E-state index contributed by atoms with van der Waals surface area (Å²) in [6, 6.07) is 16.5. The van der Waals surface area contributed by atoms with Gasteiger partial charge in [0.05, 0.1) is 10.7 Å². The Morgan fingerprint density at radius 3 is 2.41 bits per heavy atom. The third-order valence-corrected chi connectivity index (χ3v) is 4.18. The molecule has 0 saturated carbocycles. The SMILES string of the molecule is Cc1cc(C(=O)Nc2ccccc2Cl)nc(Nc2ccc(N(C)C)cc2)n1. The molecule has 0 atom stereocenters. The minimum atomic E-state index is -0.348. The van der Waals surface area contributed by atoms with Crippen LogP contribution in [0.2, 0.25) is 5.02 Å². The maximum atomic E-state index is 12.5. The van der Waals surface area contributed by atoms with Crippen LogP contribution in [-0.4, -0.2) is 30.0 Å². The monoisotopic (exact) mass is 381 g/mol. The van der Waals surface area contributed by atoms with Crippen molar-refractivity contribution in [3.8, 4) is 0 Å². The summed E-state index contributed by atoms with van der Waals surface area (Å²) in [6.45, 7) is 1.81. The second-order valence-electron chi connectivity index (χ2n) is 6.22. The number of nitrogens with zero attached hydrogens (tertiary/aromatic N) is 3. The first-order chi connectivity index (χ1) is 12.9. The Balaban J connectivity index is 1.79. The van der Waals surface area contributed by atoms with Crippen LogP contribution >= 0.6 is 11.6 Å². The van der Waals surface area contributed by atoms with Crippen molar-refractivity contribution >= 4 is 40.5 Å². The number of carbonyl (C=O) groups excluding carboxylic acids is 1. The zero-order chi connectivity index (χ0) is 19.4. The van der Waals surface area contributed by atoms with E-state index >= 15 is 0 Å². The normalized spacial score (nSPS) is 10.4. The summed E-state index contributed by atoms with van der Waals surface area (Å²) >= 11 is 6.10. The van der Waals surface area contributed by atoms with E-state index in [0.717, 1.165) is 11.4 Å². The zero-order valence-electron chi connectivity index (χ0n) is 15.3. The molecular formula is C20H20ClN5O. The molecule has 7 heteroatoms. The van der Waals surface area contributed by atoms with Gasteiger partial charge in [0.2, 0.25) is 5.95 Å². The van der Waals surface area contributed by atoms with E-state index in [0.29, 0.717) is 22.4 Å². The number of benzene rings is 2. The van der Waals surface area contributed by atoms with E-state index in [1.165, 1.54) is 0 Å². The molecule has 1 heterocycles. The first-order valence-corrected chi connectivity index (χ1v) is 8.76. The summed E-state index contributed by atoms with van der Waals surface area (Å²) in [5.74, 6) is 0.0107. The van der Waals surface area contributed by atoms with Gasteiger partial charge in [0.1, 0.15) is 5.69 Å². The summed E-state index contributed by atoms with van der Waals surface area (Å²) in [6.07, 6.45) is 0. The fourth-order valence-electron chi connectivity index (χ4n) is 2.46. The largest absolute Gasteiger partial charge is 0.378 e. The number of para-hydroxylation sites is 1. The second kappa shape index (κ2) is 8.05. The Hall–Kier alpha value is -3.12. The molecule has 3 rings (SSSR count). The molecule has 0 radical (unpaired) electrons. The van der Waals surface area contributed by atoms with Crippen LogP contribution in [0.5, 0.6) is 0 Å². The van der Waals surface area contributed by atoms with Gasteiger partial charge in [0.15, 0.2) is 0 Å². The molecule has 6 nitrogen and oxygen atoms in total. The molecule has 138 valence electrons. The minimum Gasteiger partial charge on any atom is -0.378 e. The van der Waals surface area contributed by atoms with E-state index in [4.69, 9.17) is 11.6 Å². The molecule has 0 aliphatic heterocycles. The van der Waals surface area contributed by atoms with Crippen LogP contribution in [0.1, 0.15) is 16.2 Å². The lowest BCUT2D eigenvalue weighted by Crippen LogP contribution is -2.15. The summed E-state index contributed by atoms with van der Waals surface area (Å²) in [4.78, 5) is 23.2. The molecule has 1 amide bonds. The predicted octanol–water partition coefficient (Wildman–Crippen LogP) is 4.50. The second-order valence-corrected chi connectivity index (χ2v) is 6.63. The summed E-state index contributed by atoms with van der Waals surface area (Å²) < 4.78 is 0. The predicted molar refractivity (Wildman–Crippen MR) is 110 cm³/mol. The third-order valence-electron chi connectivity index (χ3n) is 3.85. The molecule has 27 heavy (non-hydrogen) atoms. The Bertz CT molecular complexity index is 957. The smallest absolute Gasteiger partial charge is 0.274 e. The Labute approximate surface area is 163 Å². The summed E-state index contributed by atoms with van der Waals surface area (Å²) in [5, 5.41) is 6.37. The number of hydrogen-bond acceptors (Lipinski definition) is 5. The van der Waals surface area contributed by atoms with Crippen molar-refractivity contribution in [1.82, 2.24) is 9.97 Å². The highest BCUT2D eigenvalue weighted by Crippen LogP contribution is 2.22. The van der Waals surface area contributed by atoms with Crippen LogP contribution < -0.4 is 15.5 Å². The molecular weight excluding hydrogens is 362 g/mol. The van der Waals surface area contributed by atoms with Gasteiger partial charge in [-0.1, -0.05) is 23.7 Å². The Morgan fingerprint density at radius 2 is 1.74 bits per heavy atom. The van der Waals surface area contributed by atoms with Gasteiger partial charge in [-0.25, -0.2) is 9.97 Å². The maximum Gasteiger partial charge on any atom is 0.274 e. The molecule has 1 aromatic heterocycles. The van der Waals surface area contributed by atoms with Crippen LogP contribution in [0, 0.1) is 6.92 Å². The molecule has 2 N–H and O–H groups in total. The van der Waals surface area contributed by atoms with Crippen LogP contribution in [0.25, 0.3) is 0 Å². The molecule has 0 aliphatic rings. The van der Waals surface area contributed by atoms with Gasteiger partial charge in [0.25, 0.3) is 5.91 Å². The number of amides is 1. The van der Waals surface area contributed by atoms with Gasteiger partial charge in [-0.15, -0.1) is 0 Å². The quantitative estimate of drug-likeness (QED) is 0.680. The van der Waals surface area contributed by atoms with Gasteiger partial charge in [-0.05, 0) is 49.4 Å². The molecule has 0 saturated heterocycles. The van der Waals surface area contributed by atoms with Crippen LogP contribution in [0.3, 0.4) is 0 Å². The van der Waals surface area contributed by atoms with E-state index < -0.39 is 0 Å². The molecule has 0 fully saturated rings. The molecule has 0 aliphatic carbocycles. The van der Waals surface area contributed by atoms with Gasteiger partial charge >= 0.3 is 0 Å².